The number of rotatable bonds is 5. The Balaban J connectivity index is 1.47. The number of furan rings is 1. The van der Waals surface area contributed by atoms with E-state index in [1.165, 1.54) is 0 Å². The van der Waals surface area contributed by atoms with Gasteiger partial charge in [-0.1, -0.05) is 18.2 Å². The van der Waals surface area contributed by atoms with Gasteiger partial charge in [0.15, 0.2) is 0 Å². The number of amides is 1. The Morgan fingerprint density at radius 1 is 1.33 bits per heavy atom. The number of carbonyl (C=O) groups excluding carboxylic acids is 1. The van der Waals surface area contributed by atoms with E-state index in [4.69, 9.17) is 9.15 Å². The maximum absolute atomic E-state index is 12.5. The molecule has 4 atom stereocenters. The number of hydrogen-bond donors (Lipinski definition) is 3. The maximum Gasteiger partial charge on any atom is 0.475 e. The van der Waals surface area contributed by atoms with Crippen molar-refractivity contribution < 1.29 is 24.0 Å². The average molecular weight is 329 g/mol. The van der Waals surface area contributed by atoms with Gasteiger partial charge in [0.25, 0.3) is 0 Å². The maximum atomic E-state index is 12.5. The van der Waals surface area contributed by atoms with Crippen LogP contribution in [0.15, 0.2) is 34.9 Å². The largest absolute Gasteiger partial charge is 0.475 e. The van der Waals surface area contributed by atoms with E-state index in [0.29, 0.717) is 6.42 Å². The van der Waals surface area contributed by atoms with E-state index in [-0.39, 0.29) is 24.0 Å². The van der Waals surface area contributed by atoms with Crippen molar-refractivity contribution in [2.45, 2.75) is 43.8 Å². The van der Waals surface area contributed by atoms with E-state index in [9.17, 15) is 14.8 Å². The van der Waals surface area contributed by atoms with Gasteiger partial charge in [-0.25, -0.2) is 0 Å². The molecule has 0 saturated carbocycles. The molecule has 126 valence electrons. The van der Waals surface area contributed by atoms with Gasteiger partial charge in [0.05, 0.1) is 30.3 Å². The molecule has 2 saturated heterocycles. The molecule has 7 heteroatoms. The van der Waals surface area contributed by atoms with E-state index in [1.54, 1.807) is 6.26 Å². The summed E-state index contributed by atoms with van der Waals surface area (Å²) in [6.45, 7) is 0. The fourth-order valence-electron chi connectivity index (χ4n) is 3.86. The molecule has 4 rings (SSSR count). The lowest BCUT2D eigenvalue weighted by atomic mass is 9.75. The highest BCUT2D eigenvalue weighted by Crippen LogP contribution is 2.38. The lowest BCUT2D eigenvalue weighted by Crippen LogP contribution is -2.50. The van der Waals surface area contributed by atoms with Gasteiger partial charge in [0, 0.05) is 5.39 Å². The van der Waals surface area contributed by atoms with Crippen LogP contribution in [0, 0.1) is 5.92 Å². The normalized spacial score (nSPS) is 26.7. The molecule has 0 unspecified atom stereocenters. The second-order valence-corrected chi connectivity index (χ2v) is 6.71. The summed E-state index contributed by atoms with van der Waals surface area (Å²) in [5.74, 6) is -1.13. The highest BCUT2D eigenvalue weighted by molar-refractivity contribution is 6.43. The van der Waals surface area contributed by atoms with Gasteiger partial charge in [0.1, 0.15) is 5.58 Å². The molecule has 3 N–H and O–H groups in total. The second kappa shape index (κ2) is 6.24. The predicted molar refractivity (Wildman–Crippen MR) is 88.0 cm³/mol. The van der Waals surface area contributed by atoms with Crippen LogP contribution in [-0.2, 0) is 16.0 Å². The first-order chi connectivity index (χ1) is 11.6. The summed E-state index contributed by atoms with van der Waals surface area (Å²) in [6, 6.07) is 7.55. The number of benzene rings is 1. The average Bonchev–Trinajstić information content (AvgIpc) is 3.29. The summed E-state index contributed by atoms with van der Waals surface area (Å²) in [5.41, 5.74) is 1.58. The van der Waals surface area contributed by atoms with Crippen LogP contribution in [0.5, 0.6) is 0 Å². The standard InChI is InChI=1S/C17H20BNO5/c20-17(13-8-11-5-6-15(13)24-11)19-16(18(21)22)7-10-9-23-14-4-2-1-3-12(10)14/h1-4,9,11,13,15-16,21-22H,5-8H2,(H,19,20)/t11-,13+,15+,16-/m0/s1. The molecule has 2 fully saturated rings. The van der Waals surface area contributed by atoms with Gasteiger partial charge in [-0.3, -0.25) is 4.79 Å². The van der Waals surface area contributed by atoms with Crippen molar-refractivity contribution in [3.05, 3.63) is 36.1 Å². The van der Waals surface area contributed by atoms with Crippen LogP contribution in [0.3, 0.4) is 0 Å². The zero-order chi connectivity index (χ0) is 16.7. The van der Waals surface area contributed by atoms with Gasteiger partial charge >= 0.3 is 7.12 Å². The van der Waals surface area contributed by atoms with Crippen molar-refractivity contribution in [2.24, 2.45) is 5.92 Å². The molecule has 0 spiro atoms. The summed E-state index contributed by atoms with van der Waals surface area (Å²) in [7, 11) is -1.64. The Hall–Kier alpha value is -1.83. The molecule has 1 aromatic heterocycles. The van der Waals surface area contributed by atoms with Crippen LogP contribution in [0.4, 0.5) is 0 Å². The van der Waals surface area contributed by atoms with Gasteiger partial charge in [-0.2, -0.15) is 0 Å². The molecule has 2 aliphatic heterocycles. The molecule has 6 nitrogen and oxygen atoms in total. The number of ether oxygens (including phenoxy) is 1. The van der Waals surface area contributed by atoms with Crippen LogP contribution in [0.2, 0.25) is 0 Å². The minimum Gasteiger partial charge on any atom is -0.464 e. The fraction of sp³-hybridized carbons (Fsp3) is 0.471. The van der Waals surface area contributed by atoms with Crippen LogP contribution >= 0.6 is 0 Å². The minimum atomic E-state index is -1.64. The first kappa shape index (κ1) is 15.7. The van der Waals surface area contributed by atoms with E-state index < -0.39 is 13.1 Å². The lowest BCUT2D eigenvalue weighted by molar-refractivity contribution is -0.126. The minimum absolute atomic E-state index is 0.0266. The molecule has 1 aromatic carbocycles. The van der Waals surface area contributed by atoms with Gasteiger partial charge in [-0.05, 0) is 37.3 Å². The zero-order valence-electron chi connectivity index (χ0n) is 13.2. The van der Waals surface area contributed by atoms with E-state index in [1.807, 2.05) is 24.3 Å². The summed E-state index contributed by atoms with van der Waals surface area (Å²) >= 11 is 0. The van der Waals surface area contributed by atoms with Gasteiger partial charge < -0.3 is 24.5 Å². The van der Waals surface area contributed by atoms with Crippen molar-refractivity contribution in [3.63, 3.8) is 0 Å². The zero-order valence-corrected chi connectivity index (χ0v) is 13.2. The highest BCUT2D eigenvalue weighted by atomic mass is 16.5. The van der Waals surface area contributed by atoms with Crippen LogP contribution in [0.1, 0.15) is 24.8 Å². The highest BCUT2D eigenvalue weighted by Gasteiger charge is 2.45. The Labute approximate surface area is 139 Å². The van der Waals surface area contributed by atoms with Crippen molar-refractivity contribution in [3.8, 4) is 0 Å². The van der Waals surface area contributed by atoms with Crippen molar-refractivity contribution in [1.29, 1.82) is 0 Å². The Morgan fingerprint density at radius 2 is 2.17 bits per heavy atom. The van der Waals surface area contributed by atoms with Crippen molar-refractivity contribution in [2.75, 3.05) is 0 Å². The lowest BCUT2D eigenvalue weighted by Gasteiger charge is -2.23. The number of carbonyl (C=O) groups is 1. The molecular weight excluding hydrogens is 309 g/mol. The third-order valence-electron chi connectivity index (χ3n) is 5.13. The molecule has 0 radical (unpaired) electrons. The fourth-order valence-corrected chi connectivity index (χ4v) is 3.86. The Kier molecular flexibility index (Phi) is 4.08. The molecule has 0 aliphatic carbocycles. The molecule has 3 heterocycles. The third kappa shape index (κ3) is 2.83. The molecule has 2 bridgehead atoms. The summed E-state index contributed by atoms with van der Waals surface area (Å²) in [5, 5.41) is 23.1. The first-order valence-corrected chi connectivity index (χ1v) is 8.39. The summed E-state index contributed by atoms with van der Waals surface area (Å²) < 4.78 is 11.2. The molecular formula is C17H20BNO5. The van der Waals surface area contributed by atoms with Crippen LogP contribution in [-0.4, -0.2) is 41.2 Å². The van der Waals surface area contributed by atoms with Crippen LogP contribution < -0.4 is 5.32 Å². The molecule has 24 heavy (non-hydrogen) atoms. The Morgan fingerprint density at radius 3 is 2.88 bits per heavy atom. The summed E-state index contributed by atoms with van der Waals surface area (Å²) in [4.78, 5) is 12.5. The Bertz CT molecular complexity index is 745. The molecule has 2 aromatic rings. The van der Waals surface area contributed by atoms with Gasteiger partial charge in [-0.15, -0.1) is 0 Å². The molecule has 2 aliphatic rings. The van der Waals surface area contributed by atoms with E-state index >= 15 is 0 Å². The van der Waals surface area contributed by atoms with Crippen molar-refractivity contribution in [1.82, 2.24) is 5.32 Å². The second-order valence-electron chi connectivity index (χ2n) is 6.71. The SMILES string of the molecule is O=C(N[C@@H](Cc1coc2ccccc12)B(O)O)[C@@H]1C[C@@H]2CC[C@H]1O2. The number of fused-ring (bicyclic) bond motifs is 3. The predicted octanol–water partition coefficient (Wildman–Crippen LogP) is 1.04. The quantitative estimate of drug-likeness (QED) is 0.713. The van der Waals surface area contributed by atoms with E-state index in [0.717, 1.165) is 35.8 Å². The van der Waals surface area contributed by atoms with Crippen LogP contribution in [0.25, 0.3) is 11.0 Å². The first-order valence-electron chi connectivity index (χ1n) is 8.39. The topological polar surface area (TPSA) is 91.9 Å². The summed E-state index contributed by atoms with van der Waals surface area (Å²) in [6.07, 6.45) is 4.69. The number of hydrogen-bond acceptors (Lipinski definition) is 5. The number of nitrogens with one attached hydrogen (secondary N) is 1. The molecule has 1 amide bonds. The monoisotopic (exact) mass is 329 g/mol. The van der Waals surface area contributed by atoms with Crippen molar-refractivity contribution >= 4 is 24.0 Å². The van der Waals surface area contributed by atoms with E-state index in [2.05, 4.69) is 5.32 Å². The third-order valence-corrected chi connectivity index (χ3v) is 5.13. The van der Waals surface area contributed by atoms with Gasteiger partial charge in [0.2, 0.25) is 5.91 Å². The smallest absolute Gasteiger partial charge is 0.464 e. The number of para-hydroxylation sites is 1.